The second-order valence-electron chi connectivity index (χ2n) is 6.00. The van der Waals surface area contributed by atoms with Crippen LogP contribution < -0.4 is 14.2 Å². The molecule has 2 aromatic rings. The molecule has 0 aliphatic heterocycles. The maximum Gasteiger partial charge on any atom is 0.203 e. The van der Waals surface area contributed by atoms with Crippen molar-refractivity contribution >= 4 is 21.4 Å². The molecule has 0 radical (unpaired) electrons. The second kappa shape index (κ2) is 9.30. The third-order valence-electron chi connectivity index (χ3n) is 4.14. The smallest absolute Gasteiger partial charge is 0.203 e. The molecule has 148 valence electrons. The Balaban J connectivity index is 2.09. The minimum absolute atomic E-state index is 0.000732. The molecule has 8 heteroatoms. The molecular formula is C19H24ClNO5S. The number of benzene rings is 2. The maximum atomic E-state index is 12.5. The SMILES string of the molecule is COc1ccc(CN(C)CCS(=O)(=O)c2ccc(Cl)cc2)c(OC)c1OC. The Morgan fingerprint density at radius 1 is 0.926 bits per heavy atom. The summed E-state index contributed by atoms with van der Waals surface area (Å²) in [6.45, 7) is 0.863. The van der Waals surface area contributed by atoms with Crippen molar-refractivity contribution < 1.29 is 22.6 Å². The minimum atomic E-state index is -3.38. The van der Waals surface area contributed by atoms with Crippen molar-refractivity contribution in [3.05, 3.63) is 47.0 Å². The number of methoxy groups -OCH3 is 3. The highest BCUT2D eigenvalue weighted by Crippen LogP contribution is 2.40. The minimum Gasteiger partial charge on any atom is -0.493 e. The maximum absolute atomic E-state index is 12.5. The van der Waals surface area contributed by atoms with E-state index in [0.29, 0.717) is 35.4 Å². The molecule has 0 aliphatic rings. The molecule has 0 fully saturated rings. The molecule has 0 heterocycles. The van der Waals surface area contributed by atoms with E-state index in [2.05, 4.69) is 0 Å². The average Bonchev–Trinajstić information content (AvgIpc) is 2.66. The van der Waals surface area contributed by atoms with Gasteiger partial charge in [0, 0.05) is 23.7 Å². The van der Waals surface area contributed by atoms with Gasteiger partial charge in [0.25, 0.3) is 0 Å². The summed E-state index contributed by atoms with van der Waals surface area (Å²) in [6.07, 6.45) is 0. The lowest BCUT2D eigenvalue weighted by Crippen LogP contribution is -2.25. The number of hydrogen-bond donors (Lipinski definition) is 0. The summed E-state index contributed by atoms with van der Waals surface area (Å²) in [7, 11) is 3.14. The molecule has 0 bridgehead atoms. The fourth-order valence-corrected chi connectivity index (χ4v) is 4.16. The lowest BCUT2D eigenvalue weighted by atomic mass is 10.1. The van der Waals surface area contributed by atoms with E-state index >= 15 is 0 Å². The summed E-state index contributed by atoms with van der Waals surface area (Å²) in [5.74, 6) is 1.66. The van der Waals surface area contributed by atoms with Crippen LogP contribution in [0, 0.1) is 0 Å². The van der Waals surface area contributed by atoms with E-state index in [-0.39, 0.29) is 10.6 Å². The zero-order valence-electron chi connectivity index (χ0n) is 15.9. The molecule has 0 saturated heterocycles. The van der Waals surface area contributed by atoms with Crippen LogP contribution in [0.5, 0.6) is 17.2 Å². The van der Waals surface area contributed by atoms with Crippen molar-refractivity contribution in [3.63, 3.8) is 0 Å². The topological polar surface area (TPSA) is 65.1 Å². The van der Waals surface area contributed by atoms with Gasteiger partial charge in [-0.3, -0.25) is 0 Å². The van der Waals surface area contributed by atoms with E-state index in [0.717, 1.165) is 5.56 Å². The van der Waals surface area contributed by atoms with Gasteiger partial charge in [-0.15, -0.1) is 0 Å². The monoisotopic (exact) mass is 413 g/mol. The van der Waals surface area contributed by atoms with Gasteiger partial charge in [-0.2, -0.15) is 0 Å². The normalized spacial score (nSPS) is 11.5. The molecule has 6 nitrogen and oxygen atoms in total. The van der Waals surface area contributed by atoms with E-state index in [1.807, 2.05) is 18.0 Å². The van der Waals surface area contributed by atoms with Crippen LogP contribution in [0.4, 0.5) is 0 Å². The van der Waals surface area contributed by atoms with Gasteiger partial charge in [0.1, 0.15) is 0 Å². The summed E-state index contributed by atoms with van der Waals surface area (Å²) in [5, 5.41) is 0.506. The number of halogens is 1. The van der Waals surface area contributed by atoms with Crippen LogP contribution in [0.2, 0.25) is 5.02 Å². The number of hydrogen-bond acceptors (Lipinski definition) is 6. The van der Waals surface area contributed by atoms with Gasteiger partial charge in [0.15, 0.2) is 21.3 Å². The molecule has 0 saturated carbocycles. The Hall–Kier alpha value is -1.96. The third-order valence-corrected chi connectivity index (χ3v) is 6.10. The van der Waals surface area contributed by atoms with Crippen molar-refractivity contribution in [3.8, 4) is 17.2 Å². The zero-order chi connectivity index (χ0) is 20.0. The van der Waals surface area contributed by atoms with Crippen LogP contribution in [0.3, 0.4) is 0 Å². The first-order valence-electron chi connectivity index (χ1n) is 8.27. The van der Waals surface area contributed by atoms with Crippen molar-refractivity contribution in [1.82, 2.24) is 4.90 Å². The largest absolute Gasteiger partial charge is 0.493 e. The summed E-state index contributed by atoms with van der Waals surface area (Å²) in [6, 6.07) is 9.88. The third kappa shape index (κ3) is 5.28. The standard InChI is InChI=1S/C19H24ClNO5S/c1-21(11-12-27(22,23)16-8-6-15(20)7-9-16)13-14-5-10-17(24-2)19(26-4)18(14)25-3/h5-10H,11-13H2,1-4H3. The van der Waals surface area contributed by atoms with Gasteiger partial charge in [0.05, 0.1) is 32.0 Å². The number of nitrogens with zero attached hydrogens (tertiary/aromatic N) is 1. The Morgan fingerprint density at radius 2 is 1.56 bits per heavy atom. The van der Waals surface area contributed by atoms with E-state index < -0.39 is 9.84 Å². The van der Waals surface area contributed by atoms with Crippen LogP contribution in [0.25, 0.3) is 0 Å². The van der Waals surface area contributed by atoms with Crippen molar-refractivity contribution in [1.29, 1.82) is 0 Å². The van der Waals surface area contributed by atoms with Crippen LogP contribution in [0.1, 0.15) is 5.56 Å². The van der Waals surface area contributed by atoms with Gasteiger partial charge in [-0.05, 0) is 37.4 Å². The van der Waals surface area contributed by atoms with E-state index in [1.54, 1.807) is 39.5 Å². The van der Waals surface area contributed by atoms with E-state index in [9.17, 15) is 8.42 Å². The number of ether oxygens (including phenoxy) is 3. The molecule has 0 unspecified atom stereocenters. The number of rotatable bonds is 9. The summed E-state index contributed by atoms with van der Waals surface area (Å²) in [5.41, 5.74) is 0.876. The first-order chi connectivity index (χ1) is 12.8. The fourth-order valence-electron chi connectivity index (χ4n) is 2.69. The molecule has 27 heavy (non-hydrogen) atoms. The Kier molecular flexibility index (Phi) is 7.35. The van der Waals surface area contributed by atoms with Crippen molar-refractivity contribution in [2.75, 3.05) is 40.7 Å². The molecule has 0 spiro atoms. The lowest BCUT2D eigenvalue weighted by Gasteiger charge is -2.20. The molecule has 0 aliphatic carbocycles. The highest BCUT2D eigenvalue weighted by Gasteiger charge is 2.19. The Morgan fingerprint density at radius 3 is 2.11 bits per heavy atom. The number of sulfone groups is 1. The zero-order valence-corrected chi connectivity index (χ0v) is 17.4. The first-order valence-corrected chi connectivity index (χ1v) is 10.3. The Labute approximate surface area is 165 Å². The molecule has 0 N–H and O–H groups in total. The van der Waals surface area contributed by atoms with Gasteiger partial charge >= 0.3 is 0 Å². The quantitative estimate of drug-likeness (QED) is 0.628. The van der Waals surface area contributed by atoms with Gasteiger partial charge in [-0.1, -0.05) is 17.7 Å². The van der Waals surface area contributed by atoms with Crippen LogP contribution in [-0.4, -0.2) is 54.0 Å². The molecule has 0 aromatic heterocycles. The van der Waals surface area contributed by atoms with Crippen LogP contribution in [-0.2, 0) is 16.4 Å². The Bertz CT molecular complexity index is 868. The fraction of sp³-hybridized carbons (Fsp3) is 0.368. The van der Waals surface area contributed by atoms with E-state index in [1.165, 1.54) is 12.1 Å². The van der Waals surface area contributed by atoms with Crippen LogP contribution in [0.15, 0.2) is 41.3 Å². The van der Waals surface area contributed by atoms with E-state index in [4.69, 9.17) is 25.8 Å². The van der Waals surface area contributed by atoms with Crippen LogP contribution >= 0.6 is 11.6 Å². The predicted molar refractivity (Wildman–Crippen MR) is 106 cm³/mol. The van der Waals surface area contributed by atoms with Gasteiger partial charge < -0.3 is 19.1 Å². The predicted octanol–water partition coefficient (Wildman–Crippen LogP) is 3.27. The molecule has 2 rings (SSSR count). The van der Waals surface area contributed by atoms with Gasteiger partial charge in [0.2, 0.25) is 5.75 Å². The van der Waals surface area contributed by atoms with Crippen molar-refractivity contribution in [2.45, 2.75) is 11.4 Å². The lowest BCUT2D eigenvalue weighted by molar-refractivity contribution is 0.307. The molecule has 0 atom stereocenters. The molecule has 2 aromatic carbocycles. The highest BCUT2D eigenvalue weighted by molar-refractivity contribution is 7.91. The van der Waals surface area contributed by atoms with Crippen molar-refractivity contribution in [2.24, 2.45) is 0 Å². The van der Waals surface area contributed by atoms with Gasteiger partial charge in [-0.25, -0.2) is 8.42 Å². The molecule has 0 amide bonds. The summed E-state index contributed by atoms with van der Waals surface area (Å²) >= 11 is 5.82. The average molecular weight is 414 g/mol. The highest BCUT2D eigenvalue weighted by atomic mass is 35.5. The summed E-state index contributed by atoms with van der Waals surface area (Å²) in [4.78, 5) is 2.18. The summed E-state index contributed by atoms with van der Waals surface area (Å²) < 4.78 is 41.1. The first kappa shape index (κ1) is 21.3. The molecular weight excluding hydrogens is 390 g/mol. The second-order valence-corrected chi connectivity index (χ2v) is 8.55.